The first-order valence-electron chi connectivity index (χ1n) is 10.1. The summed E-state index contributed by atoms with van der Waals surface area (Å²) in [6.45, 7) is 0.463. The average Bonchev–Trinajstić information content (AvgIpc) is 3.07. The van der Waals surface area contributed by atoms with Crippen molar-refractivity contribution in [3.8, 4) is 0 Å². The zero-order valence-electron chi connectivity index (χ0n) is 17.5. The van der Waals surface area contributed by atoms with Crippen molar-refractivity contribution in [2.75, 3.05) is 6.54 Å². The maximum absolute atomic E-state index is 12.6. The monoisotopic (exact) mass is 523 g/mol. The quantitative estimate of drug-likeness (QED) is 0.210. The van der Waals surface area contributed by atoms with E-state index in [0.717, 1.165) is 5.56 Å². The third-order valence-electron chi connectivity index (χ3n) is 4.71. The van der Waals surface area contributed by atoms with Gasteiger partial charge in [-0.3, -0.25) is 19.9 Å². The second-order valence-electron chi connectivity index (χ2n) is 7.16. The molecule has 1 saturated heterocycles. The Bertz CT molecular complexity index is 1150. The Morgan fingerprint density at radius 1 is 1.06 bits per heavy atom. The largest absolute Gasteiger partial charge is 0.293 e. The molecule has 2 amide bonds. The average molecular weight is 524 g/mol. The Morgan fingerprint density at radius 2 is 1.76 bits per heavy atom. The highest BCUT2D eigenvalue weighted by atomic mass is 35.5. The van der Waals surface area contributed by atoms with Gasteiger partial charge < -0.3 is 0 Å². The van der Waals surface area contributed by atoms with Crippen molar-refractivity contribution in [2.24, 2.45) is 0 Å². The molecule has 174 valence electrons. The number of hydrazine groups is 1. The lowest BCUT2D eigenvalue weighted by molar-refractivity contribution is -0.123. The van der Waals surface area contributed by atoms with Crippen LogP contribution in [0.4, 0.5) is 0 Å². The smallest absolute Gasteiger partial charge is 0.266 e. The Morgan fingerprint density at radius 3 is 2.45 bits per heavy atom. The van der Waals surface area contributed by atoms with Crippen LogP contribution in [0.1, 0.15) is 31.2 Å². The minimum absolute atomic E-state index is 0.0684. The van der Waals surface area contributed by atoms with E-state index in [1.807, 2.05) is 12.1 Å². The molecule has 0 saturated carbocycles. The van der Waals surface area contributed by atoms with Crippen molar-refractivity contribution in [3.63, 3.8) is 0 Å². The van der Waals surface area contributed by atoms with Gasteiger partial charge in [-0.2, -0.15) is 0 Å². The third kappa shape index (κ3) is 7.38. The standard InChI is InChI=1S/C22H22ClN3O4S3/c23-17-12-10-16(11-13-17)15-19-21(28)26(22(31)32-19)14-6-2-5-9-20(27)24-25-33(29,30)18-7-3-1-4-8-18/h1,3-4,7-8,10-13,15,25H,2,5-6,9,14H2,(H,24,27). The summed E-state index contributed by atoms with van der Waals surface area (Å²) in [6, 6.07) is 15.0. The zero-order chi connectivity index (χ0) is 23.8. The van der Waals surface area contributed by atoms with Crippen LogP contribution in [-0.2, 0) is 19.6 Å². The Labute approximate surface area is 207 Å². The van der Waals surface area contributed by atoms with E-state index < -0.39 is 15.9 Å². The predicted octanol–water partition coefficient (Wildman–Crippen LogP) is 4.11. The highest BCUT2D eigenvalue weighted by Gasteiger charge is 2.31. The van der Waals surface area contributed by atoms with Gasteiger partial charge in [0.25, 0.3) is 15.9 Å². The molecule has 2 aromatic rings. The van der Waals surface area contributed by atoms with E-state index in [-0.39, 0.29) is 17.2 Å². The molecule has 0 aliphatic carbocycles. The van der Waals surface area contributed by atoms with Gasteiger partial charge in [-0.1, -0.05) is 72.3 Å². The zero-order valence-corrected chi connectivity index (χ0v) is 20.7. The van der Waals surface area contributed by atoms with Gasteiger partial charge >= 0.3 is 0 Å². The number of unbranched alkanes of at least 4 members (excludes halogenated alkanes) is 2. The minimum atomic E-state index is -3.80. The first-order valence-corrected chi connectivity index (χ1v) is 13.2. The van der Waals surface area contributed by atoms with Gasteiger partial charge in [-0.15, -0.1) is 4.83 Å². The van der Waals surface area contributed by atoms with Crippen LogP contribution in [0, 0.1) is 0 Å². The van der Waals surface area contributed by atoms with E-state index in [9.17, 15) is 18.0 Å². The van der Waals surface area contributed by atoms with Crippen LogP contribution in [-0.4, -0.2) is 36.0 Å². The summed E-state index contributed by atoms with van der Waals surface area (Å²) in [7, 11) is -3.80. The van der Waals surface area contributed by atoms with Crippen LogP contribution >= 0.6 is 35.6 Å². The topological polar surface area (TPSA) is 95.6 Å². The SMILES string of the molecule is O=C(CCCCCN1C(=O)C(=Cc2ccc(Cl)cc2)SC1=S)NNS(=O)(=O)c1ccccc1. The molecule has 2 aromatic carbocycles. The summed E-state index contributed by atoms with van der Waals surface area (Å²) >= 11 is 12.5. The summed E-state index contributed by atoms with van der Waals surface area (Å²) in [5.74, 6) is -0.556. The molecule has 1 heterocycles. The number of thiocarbonyl (C=S) groups is 1. The van der Waals surface area contributed by atoms with Crippen LogP contribution in [0.3, 0.4) is 0 Å². The van der Waals surface area contributed by atoms with Gasteiger partial charge in [-0.25, -0.2) is 8.42 Å². The molecule has 1 fully saturated rings. The summed E-state index contributed by atoms with van der Waals surface area (Å²) in [5.41, 5.74) is 3.09. The van der Waals surface area contributed by atoms with Crippen LogP contribution in [0.2, 0.25) is 5.02 Å². The lowest BCUT2D eigenvalue weighted by Gasteiger charge is -2.14. The molecule has 0 radical (unpaired) electrons. The summed E-state index contributed by atoms with van der Waals surface area (Å²) in [6.07, 6.45) is 3.85. The van der Waals surface area contributed by atoms with Crippen molar-refractivity contribution >= 4 is 67.8 Å². The minimum Gasteiger partial charge on any atom is -0.293 e. The van der Waals surface area contributed by atoms with E-state index in [2.05, 4.69) is 10.3 Å². The van der Waals surface area contributed by atoms with Crippen molar-refractivity contribution in [2.45, 2.75) is 30.6 Å². The molecular formula is C22H22ClN3O4S3. The van der Waals surface area contributed by atoms with Crippen LogP contribution in [0.15, 0.2) is 64.4 Å². The fraction of sp³-hybridized carbons (Fsp3) is 0.227. The van der Waals surface area contributed by atoms with Crippen molar-refractivity contribution in [1.29, 1.82) is 0 Å². The number of nitrogens with one attached hydrogen (secondary N) is 2. The molecule has 11 heteroatoms. The third-order valence-corrected chi connectivity index (χ3v) is 7.60. The Hall–Kier alpha value is -2.24. The summed E-state index contributed by atoms with van der Waals surface area (Å²) in [5, 5.41) is 0.627. The van der Waals surface area contributed by atoms with Gasteiger partial charge in [0.05, 0.1) is 9.80 Å². The lowest BCUT2D eigenvalue weighted by Crippen LogP contribution is -2.41. The molecule has 3 rings (SSSR count). The second kappa shape index (κ2) is 11.8. The Balaban J connectivity index is 1.38. The molecule has 1 aliphatic rings. The van der Waals surface area contributed by atoms with Crippen LogP contribution in [0.25, 0.3) is 6.08 Å². The fourth-order valence-electron chi connectivity index (χ4n) is 2.98. The van der Waals surface area contributed by atoms with Crippen molar-refractivity contribution in [1.82, 2.24) is 15.2 Å². The van der Waals surface area contributed by atoms with Crippen LogP contribution in [0.5, 0.6) is 0 Å². The van der Waals surface area contributed by atoms with E-state index in [0.29, 0.717) is 40.1 Å². The van der Waals surface area contributed by atoms with Crippen LogP contribution < -0.4 is 10.3 Å². The van der Waals surface area contributed by atoms with Gasteiger partial charge in [0.2, 0.25) is 5.91 Å². The lowest BCUT2D eigenvalue weighted by atomic mass is 10.2. The number of carbonyl (C=O) groups is 2. The van der Waals surface area contributed by atoms with Crippen molar-refractivity contribution < 1.29 is 18.0 Å². The number of sulfonamides is 1. The number of halogens is 1. The highest BCUT2D eigenvalue weighted by Crippen LogP contribution is 2.32. The molecule has 7 nitrogen and oxygen atoms in total. The first-order chi connectivity index (χ1) is 15.8. The maximum atomic E-state index is 12.6. The maximum Gasteiger partial charge on any atom is 0.266 e. The van der Waals surface area contributed by atoms with Gasteiger partial charge in [0.15, 0.2) is 0 Å². The van der Waals surface area contributed by atoms with E-state index >= 15 is 0 Å². The highest BCUT2D eigenvalue weighted by molar-refractivity contribution is 8.26. The molecule has 33 heavy (non-hydrogen) atoms. The number of benzene rings is 2. The van der Waals surface area contributed by atoms with Gasteiger partial charge in [0, 0.05) is 18.0 Å². The normalized spacial score (nSPS) is 15.3. The fourth-order valence-corrected chi connectivity index (χ4v) is 5.30. The Kier molecular flexibility index (Phi) is 9.04. The molecule has 0 bridgehead atoms. The molecule has 1 aliphatic heterocycles. The number of rotatable bonds is 10. The molecule has 2 N–H and O–H groups in total. The summed E-state index contributed by atoms with van der Waals surface area (Å²) in [4.78, 5) is 28.9. The summed E-state index contributed by atoms with van der Waals surface area (Å²) < 4.78 is 24.7. The number of amides is 2. The molecular weight excluding hydrogens is 502 g/mol. The molecule has 0 aromatic heterocycles. The molecule has 0 atom stereocenters. The number of nitrogens with zero attached hydrogens (tertiary/aromatic N) is 1. The second-order valence-corrected chi connectivity index (χ2v) is 11.0. The van der Waals surface area contributed by atoms with E-state index in [1.54, 1.807) is 41.3 Å². The van der Waals surface area contributed by atoms with Gasteiger partial charge in [-0.05, 0) is 48.7 Å². The van der Waals surface area contributed by atoms with E-state index in [1.165, 1.54) is 23.9 Å². The number of thioether (sulfide) groups is 1. The van der Waals surface area contributed by atoms with Crippen molar-refractivity contribution in [3.05, 3.63) is 70.1 Å². The molecule has 0 spiro atoms. The number of carbonyl (C=O) groups excluding carboxylic acids is 2. The van der Waals surface area contributed by atoms with E-state index in [4.69, 9.17) is 23.8 Å². The number of hydrogen-bond acceptors (Lipinski definition) is 6. The van der Waals surface area contributed by atoms with Gasteiger partial charge in [0.1, 0.15) is 4.32 Å². The first kappa shape index (κ1) is 25.4. The predicted molar refractivity (Wildman–Crippen MR) is 135 cm³/mol. The number of hydrogen-bond donors (Lipinski definition) is 2. The molecule has 0 unspecified atom stereocenters.